The van der Waals surface area contributed by atoms with E-state index in [-0.39, 0.29) is 40.9 Å². The molecule has 2 fully saturated rings. The van der Waals surface area contributed by atoms with Crippen molar-refractivity contribution in [2.45, 2.75) is 65.1 Å². The largest absolute Gasteiger partial charge is 0.472 e. The summed E-state index contributed by atoms with van der Waals surface area (Å²) in [6.45, 7) is 5.92. The van der Waals surface area contributed by atoms with Crippen molar-refractivity contribution in [2.24, 2.45) is 16.7 Å². The van der Waals surface area contributed by atoms with Crippen molar-refractivity contribution < 1.29 is 23.5 Å². The molecule has 1 aliphatic heterocycles. The van der Waals surface area contributed by atoms with Crippen LogP contribution in [0, 0.1) is 16.7 Å². The fourth-order valence-electron chi connectivity index (χ4n) is 5.40. The van der Waals surface area contributed by atoms with Gasteiger partial charge in [0.1, 0.15) is 12.2 Å². The van der Waals surface area contributed by atoms with E-state index < -0.39 is 0 Å². The molecular formula is C21H26O5. The van der Waals surface area contributed by atoms with Gasteiger partial charge in [0.2, 0.25) is 0 Å². The topological polar surface area (TPSA) is 65.7 Å². The van der Waals surface area contributed by atoms with Crippen LogP contribution in [0.5, 0.6) is 0 Å². The maximum atomic E-state index is 12.8. The molecule has 0 spiro atoms. The van der Waals surface area contributed by atoms with Gasteiger partial charge in [0.05, 0.1) is 18.4 Å². The van der Waals surface area contributed by atoms with Crippen LogP contribution in [-0.2, 0) is 19.1 Å². The number of fused-ring (bicyclic) bond motifs is 3. The van der Waals surface area contributed by atoms with Crippen LogP contribution in [0.15, 0.2) is 34.7 Å². The van der Waals surface area contributed by atoms with E-state index in [4.69, 9.17) is 13.9 Å². The molecule has 2 heterocycles. The minimum Gasteiger partial charge on any atom is -0.472 e. The molecule has 0 unspecified atom stereocenters. The number of carbonyl (C=O) groups is 2. The van der Waals surface area contributed by atoms with E-state index >= 15 is 0 Å². The van der Waals surface area contributed by atoms with Gasteiger partial charge in [-0.3, -0.25) is 9.59 Å². The highest BCUT2D eigenvalue weighted by atomic mass is 16.5. The van der Waals surface area contributed by atoms with Gasteiger partial charge in [-0.2, -0.15) is 0 Å². The van der Waals surface area contributed by atoms with Gasteiger partial charge in [0.25, 0.3) is 0 Å². The van der Waals surface area contributed by atoms with Crippen LogP contribution in [0.1, 0.15) is 64.5 Å². The summed E-state index contributed by atoms with van der Waals surface area (Å²) in [7, 11) is 0. The van der Waals surface area contributed by atoms with Crippen LogP contribution in [-0.4, -0.2) is 18.0 Å². The molecule has 3 aliphatic rings. The zero-order valence-corrected chi connectivity index (χ0v) is 15.6. The molecule has 5 atom stereocenters. The Morgan fingerprint density at radius 3 is 2.73 bits per heavy atom. The quantitative estimate of drug-likeness (QED) is 0.581. The second kappa shape index (κ2) is 6.00. The standard InChI is InChI=1S/C21H26O5/c1-13(22)25-15-4-7-20(2)8-5-16-19(23)26-17(14-6-9-24-12-14)11-21(16,3)18(20)10-15/h6,9-10,12,15-17H,4-5,7-8,11H2,1-3H3/t15-,16-,17-,20+,21-/m0/s1. The van der Waals surface area contributed by atoms with Gasteiger partial charge in [-0.15, -0.1) is 0 Å². The lowest BCUT2D eigenvalue weighted by molar-refractivity contribution is -0.175. The number of furan rings is 1. The maximum Gasteiger partial charge on any atom is 0.310 e. The molecule has 1 saturated heterocycles. The molecule has 0 radical (unpaired) electrons. The van der Waals surface area contributed by atoms with Crippen LogP contribution in [0.3, 0.4) is 0 Å². The second-order valence-corrected chi connectivity index (χ2v) is 8.52. The third-order valence-corrected chi connectivity index (χ3v) is 6.74. The first-order chi connectivity index (χ1) is 12.3. The van der Waals surface area contributed by atoms with Gasteiger partial charge < -0.3 is 13.9 Å². The van der Waals surface area contributed by atoms with Gasteiger partial charge in [-0.25, -0.2) is 0 Å². The molecule has 2 aliphatic carbocycles. The Morgan fingerprint density at radius 2 is 2.04 bits per heavy atom. The Kier molecular flexibility index (Phi) is 4.01. The van der Waals surface area contributed by atoms with Gasteiger partial charge in [0, 0.05) is 17.9 Å². The summed E-state index contributed by atoms with van der Waals surface area (Å²) in [5.74, 6) is -0.518. The molecule has 1 aromatic heterocycles. The molecule has 140 valence electrons. The number of esters is 2. The smallest absolute Gasteiger partial charge is 0.310 e. The summed E-state index contributed by atoms with van der Waals surface area (Å²) in [6, 6.07) is 1.86. The number of rotatable bonds is 2. The van der Waals surface area contributed by atoms with Gasteiger partial charge in [-0.05, 0) is 49.7 Å². The van der Waals surface area contributed by atoms with Gasteiger partial charge in [-0.1, -0.05) is 19.4 Å². The molecule has 26 heavy (non-hydrogen) atoms. The monoisotopic (exact) mass is 358 g/mol. The summed E-state index contributed by atoms with van der Waals surface area (Å²) in [6.07, 6.45) is 9.27. The van der Waals surface area contributed by atoms with E-state index in [2.05, 4.69) is 19.9 Å². The van der Waals surface area contributed by atoms with Crippen LogP contribution in [0.4, 0.5) is 0 Å². The Balaban J connectivity index is 1.73. The fraction of sp³-hybridized carbons (Fsp3) is 0.619. The van der Waals surface area contributed by atoms with Gasteiger partial charge >= 0.3 is 11.9 Å². The fourth-order valence-corrected chi connectivity index (χ4v) is 5.40. The normalized spacial score (nSPS) is 39.3. The molecule has 0 bridgehead atoms. The lowest BCUT2D eigenvalue weighted by Gasteiger charge is -2.56. The summed E-state index contributed by atoms with van der Waals surface area (Å²) in [5, 5.41) is 0. The number of allylic oxidation sites excluding steroid dienone is 1. The number of hydrogen-bond donors (Lipinski definition) is 0. The highest BCUT2D eigenvalue weighted by Crippen LogP contribution is 2.62. The molecule has 5 nitrogen and oxygen atoms in total. The molecule has 1 aromatic rings. The zero-order chi connectivity index (χ0) is 18.5. The highest BCUT2D eigenvalue weighted by Gasteiger charge is 2.57. The molecule has 5 heteroatoms. The molecular weight excluding hydrogens is 332 g/mol. The molecule has 0 aromatic carbocycles. The Bertz CT molecular complexity index is 748. The van der Waals surface area contributed by atoms with E-state index in [1.165, 1.54) is 12.5 Å². The molecule has 0 N–H and O–H groups in total. The van der Waals surface area contributed by atoms with Crippen molar-refractivity contribution in [3.8, 4) is 0 Å². The third-order valence-electron chi connectivity index (χ3n) is 6.74. The number of hydrogen-bond acceptors (Lipinski definition) is 5. The van der Waals surface area contributed by atoms with Crippen LogP contribution in [0.25, 0.3) is 0 Å². The minimum absolute atomic E-state index is 0.0560. The first kappa shape index (κ1) is 17.4. The average Bonchev–Trinajstić information content (AvgIpc) is 3.09. The second-order valence-electron chi connectivity index (χ2n) is 8.52. The van der Waals surface area contributed by atoms with E-state index in [1.807, 2.05) is 6.07 Å². The van der Waals surface area contributed by atoms with E-state index in [1.54, 1.807) is 12.5 Å². The van der Waals surface area contributed by atoms with Crippen molar-refractivity contribution in [1.82, 2.24) is 0 Å². The summed E-state index contributed by atoms with van der Waals surface area (Å²) < 4.78 is 16.4. The van der Waals surface area contributed by atoms with Crippen molar-refractivity contribution >= 4 is 11.9 Å². The highest BCUT2D eigenvalue weighted by molar-refractivity contribution is 5.76. The first-order valence-corrected chi connectivity index (χ1v) is 9.44. The molecule has 0 amide bonds. The summed E-state index contributed by atoms with van der Waals surface area (Å²) in [4.78, 5) is 24.3. The lowest BCUT2D eigenvalue weighted by atomic mass is 9.50. The Labute approximate surface area is 153 Å². The van der Waals surface area contributed by atoms with E-state index in [9.17, 15) is 9.59 Å². The van der Waals surface area contributed by atoms with Crippen LogP contribution >= 0.6 is 0 Å². The maximum absolute atomic E-state index is 12.8. The van der Waals surface area contributed by atoms with E-state index in [0.29, 0.717) is 0 Å². The third kappa shape index (κ3) is 2.68. The lowest BCUT2D eigenvalue weighted by Crippen LogP contribution is -2.51. The van der Waals surface area contributed by atoms with E-state index in [0.717, 1.165) is 37.7 Å². The van der Waals surface area contributed by atoms with Crippen molar-refractivity contribution in [1.29, 1.82) is 0 Å². The molecule has 4 rings (SSSR count). The van der Waals surface area contributed by atoms with Crippen molar-refractivity contribution in [2.75, 3.05) is 0 Å². The average molecular weight is 358 g/mol. The minimum atomic E-state index is -0.292. The number of ether oxygens (including phenoxy) is 2. The van der Waals surface area contributed by atoms with Crippen molar-refractivity contribution in [3.05, 3.63) is 35.8 Å². The number of cyclic esters (lactones) is 1. The summed E-state index contributed by atoms with van der Waals surface area (Å²) in [5.41, 5.74) is 1.94. The SMILES string of the molecule is CC(=O)O[C@@H]1C=C2[C@](C)(CC1)CC[C@H]1C(=O)O[C@H](c3ccoc3)C[C@]21C. The van der Waals surface area contributed by atoms with Crippen LogP contribution in [0.2, 0.25) is 0 Å². The first-order valence-electron chi connectivity index (χ1n) is 9.44. The van der Waals surface area contributed by atoms with Crippen LogP contribution < -0.4 is 0 Å². The summed E-state index contributed by atoms with van der Waals surface area (Å²) >= 11 is 0. The number of carbonyl (C=O) groups excluding carboxylic acids is 2. The predicted molar refractivity (Wildman–Crippen MR) is 94.0 cm³/mol. The van der Waals surface area contributed by atoms with Crippen molar-refractivity contribution in [3.63, 3.8) is 0 Å². The Hall–Kier alpha value is -2.04. The predicted octanol–water partition coefficient (Wildman–Crippen LogP) is 4.34. The zero-order valence-electron chi connectivity index (χ0n) is 15.6. The van der Waals surface area contributed by atoms with Gasteiger partial charge in [0.15, 0.2) is 0 Å². The molecule has 1 saturated carbocycles. The Morgan fingerprint density at radius 1 is 1.27 bits per heavy atom.